The Morgan fingerprint density at radius 3 is 2.62 bits per heavy atom. The van der Waals surface area contributed by atoms with Crippen molar-refractivity contribution in [2.45, 2.75) is 65.9 Å². The molecule has 94 valence electrons. The molecule has 4 atom stereocenters. The first-order chi connectivity index (χ1) is 7.49. The molecule has 2 nitrogen and oxygen atoms in total. The summed E-state index contributed by atoms with van der Waals surface area (Å²) in [4.78, 5) is 10.8. The predicted octanol–water partition coefficient (Wildman–Crippen LogP) is 3.79. The van der Waals surface area contributed by atoms with E-state index in [2.05, 4.69) is 13.8 Å². The maximum absolute atomic E-state index is 10.8. The molecule has 0 unspecified atom stereocenters. The third kappa shape index (κ3) is 4.54. The molecular formula is C14H26O2. The van der Waals surface area contributed by atoms with E-state index in [1.807, 2.05) is 6.92 Å². The number of hydrogen-bond donors (Lipinski definition) is 0. The van der Waals surface area contributed by atoms with E-state index in [-0.39, 0.29) is 12.1 Å². The first-order valence-electron chi connectivity index (χ1n) is 6.66. The van der Waals surface area contributed by atoms with Gasteiger partial charge in [-0.2, -0.15) is 0 Å². The van der Waals surface area contributed by atoms with Crippen LogP contribution < -0.4 is 0 Å². The van der Waals surface area contributed by atoms with Gasteiger partial charge in [0.15, 0.2) is 0 Å². The zero-order chi connectivity index (χ0) is 12.1. The number of ether oxygens (including phenoxy) is 1. The molecule has 0 spiro atoms. The Hall–Kier alpha value is -0.530. The van der Waals surface area contributed by atoms with Gasteiger partial charge in [-0.25, -0.2) is 0 Å². The standard InChI is InChI=1S/C14H26O2/c1-10-5-7-14(11(2)9-10)8-6-12(3)16-13(4)15/h10-12,14H,5-9H2,1-4H3/t10-,11-,12+,14-/m1/s1. The van der Waals surface area contributed by atoms with Crippen LogP contribution in [0, 0.1) is 17.8 Å². The molecule has 1 aliphatic rings. The van der Waals surface area contributed by atoms with Crippen LogP contribution in [0.3, 0.4) is 0 Å². The molecule has 16 heavy (non-hydrogen) atoms. The van der Waals surface area contributed by atoms with Gasteiger partial charge in [-0.05, 0) is 50.4 Å². The average molecular weight is 226 g/mol. The van der Waals surface area contributed by atoms with Crippen molar-refractivity contribution in [3.8, 4) is 0 Å². The summed E-state index contributed by atoms with van der Waals surface area (Å²) in [7, 11) is 0. The summed E-state index contributed by atoms with van der Waals surface area (Å²) in [5.74, 6) is 2.43. The highest BCUT2D eigenvalue weighted by atomic mass is 16.5. The van der Waals surface area contributed by atoms with Gasteiger partial charge in [-0.3, -0.25) is 4.79 Å². The van der Waals surface area contributed by atoms with E-state index in [9.17, 15) is 4.79 Å². The third-order valence-corrected chi connectivity index (χ3v) is 3.92. The molecule has 0 aromatic rings. The van der Waals surface area contributed by atoms with Gasteiger partial charge in [0.25, 0.3) is 0 Å². The summed E-state index contributed by atoms with van der Waals surface area (Å²) < 4.78 is 5.16. The van der Waals surface area contributed by atoms with E-state index in [1.54, 1.807) is 0 Å². The Kier molecular flexibility index (Phi) is 5.30. The minimum Gasteiger partial charge on any atom is -0.463 e. The van der Waals surface area contributed by atoms with Crippen LogP contribution in [-0.4, -0.2) is 12.1 Å². The Labute approximate surface area is 99.8 Å². The maximum Gasteiger partial charge on any atom is 0.302 e. The quantitative estimate of drug-likeness (QED) is 0.682. The van der Waals surface area contributed by atoms with E-state index in [1.165, 1.54) is 32.6 Å². The molecular weight excluding hydrogens is 200 g/mol. The SMILES string of the molecule is CC(=O)O[C@@H](C)CC[C@H]1CC[C@@H](C)C[C@H]1C. The van der Waals surface area contributed by atoms with Crippen LogP contribution in [0.4, 0.5) is 0 Å². The van der Waals surface area contributed by atoms with Crippen molar-refractivity contribution in [3.63, 3.8) is 0 Å². The molecule has 1 rings (SSSR count). The van der Waals surface area contributed by atoms with E-state index in [0.29, 0.717) is 0 Å². The maximum atomic E-state index is 10.8. The fourth-order valence-electron chi connectivity index (χ4n) is 2.95. The molecule has 0 amide bonds. The van der Waals surface area contributed by atoms with Crippen LogP contribution in [-0.2, 0) is 9.53 Å². The summed E-state index contributed by atoms with van der Waals surface area (Å²) in [5, 5.41) is 0. The second-order valence-electron chi connectivity index (χ2n) is 5.65. The smallest absolute Gasteiger partial charge is 0.302 e. The molecule has 0 aromatic heterocycles. The van der Waals surface area contributed by atoms with Crippen LogP contribution in [0.5, 0.6) is 0 Å². The summed E-state index contributed by atoms with van der Waals surface area (Å²) in [6.07, 6.45) is 6.41. The minimum absolute atomic E-state index is 0.0871. The van der Waals surface area contributed by atoms with E-state index < -0.39 is 0 Å². The van der Waals surface area contributed by atoms with Crippen molar-refractivity contribution >= 4 is 5.97 Å². The molecule has 0 aliphatic heterocycles. The number of rotatable bonds is 4. The van der Waals surface area contributed by atoms with Crippen molar-refractivity contribution in [2.24, 2.45) is 17.8 Å². The Morgan fingerprint density at radius 1 is 1.38 bits per heavy atom. The van der Waals surface area contributed by atoms with Gasteiger partial charge in [0.1, 0.15) is 0 Å². The number of hydrogen-bond acceptors (Lipinski definition) is 2. The van der Waals surface area contributed by atoms with Gasteiger partial charge in [0.2, 0.25) is 0 Å². The Balaban J connectivity index is 2.24. The first-order valence-corrected chi connectivity index (χ1v) is 6.66. The van der Waals surface area contributed by atoms with Crippen molar-refractivity contribution in [2.75, 3.05) is 0 Å². The molecule has 0 N–H and O–H groups in total. The molecule has 1 saturated carbocycles. The van der Waals surface area contributed by atoms with Crippen LogP contribution >= 0.6 is 0 Å². The summed E-state index contributed by atoms with van der Waals surface area (Å²) in [6.45, 7) is 8.21. The van der Waals surface area contributed by atoms with E-state index in [0.717, 1.165) is 24.2 Å². The summed E-state index contributed by atoms with van der Waals surface area (Å²) >= 11 is 0. The zero-order valence-electron chi connectivity index (χ0n) is 11.2. The molecule has 0 saturated heterocycles. The lowest BCUT2D eigenvalue weighted by Crippen LogP contribution is -2.23. The van der Waals surface area contributed by atoms with E-state index in [4.69, 9.17) is 4.74 Å². The lowest BCUT2D eigenvalue weighted by atomic mass is 9.73. The second-order valence-corrected chi connectivity index (χ2v) is 5.65. The van der Waals surface area contributed by atoms with Gasteiger partial charge in [0, 0.05) is 6.92 Å². The van der Waals surface area contributed by atoms with Crippen molar-refractivity contribution < 1.29 is 9.53 Å². The number of carbonyl (C=O) groups is 1. The number of esters is 1. The van der Waals surface area contributed by atoms with Crippen LogP contribution in [0.15, 0.2) is 0 Å². The van der Waals surface area contributed by atoms with Crippen molar-refractivity contribution in [1.82, 2.24) is 0 Å². The average Bonchev–Trinajstić information content (AvgIpc) is 2.15. The normalized spacial score (nSPS) is 32.1. The summed E-state index contributed by atoms with van der Waals surface area (Å²) in [5.41, 5.74) is 0. The van der Waals surface area contributed by atoms with Gasteiger partial charge >= 0.3 is 5.97 Å². The molecule has 1 aliphatic carbocycles. The third-order valence-electron chi connectivity index (χ3n) is 3.92. The Morgan fingerprint density at radius 2 is 2.06 bits per heavy atom. The highest BCUT2D eigenvalue weighted by Crippen LogP contribution is 2.36. The molecule has 0 bridgehead atoms. The monoisotopic (exact) mass is 226 g/mol. The Bertz CT molecular complexity index is 225. The zero-order valence-corrected chi connectivity index (χ0v) is 11.2. The van der Waals surface area contributed by atoms with Gasteiger partial charge in [-0.1, -0.05) is 20.3 Å². The highest BCUT2D eigenvalue weighted by Gasteiger charge is 2.25. The first kappa shape index (κ1) is 13.5. The lowest BCUT2D eigenvalue weighted by molar-refractivity contribution is -0.145. The van der Waals surface area contributed by atoms with Crippen LogP contribution in [0.2, 0.25) is 0 Å². The van der Waals surface area contributed by atoms with Gasteiger partial charge < -0.3 is 4.74 Å². The van der Waals surface area contributed by atoms with Crippen LogP contribution in [0.1, 0.15) is 59.8 Å². The fourth-order valence-corrected chi connectivity index (χ4v) is 2.95. The lowest BCUT2D eigenvalue weighted by Gasteiger charge is -2.33. The van der Waals surface area contributed by atoms with Crippen molar-refractivity contribution in [1.29, 1.82) is 0 Å². The van der Waals surface area contributed by atoms with E-state index >= 15 is 0 Å². The largest absolute Gasteiger partial charge is 0.463 e. The number of carbonyl (C=O) groups excluding carboxylic acids is 1. The molecule has 2 heteroatoms. The molecule has 0 radical (unpaired) electrons. The predicted molar refractivity (Wildman–Crippen MR) is 66.1 cm³/mol. The van der Waals surface area contributed by atoms with Crippen LogP contribution in [0.25, 0.3) is 0 Å². The minimum atomic E-state index is -0.155. The molecule has 0 heterocycles. The topological polar surface area (TPSA) is 26.3 Å². The summed E-state index contributed by atoms with van der Waals surface area (Å²) in [6, 6.07) is 0. The molecule has 0 aromatic carbocycles. The van der Waals surface area contributed by atoms with Crippen molar-refractivity contribution in [3.05, 3.63) is 0 Å². The second kappa shape index (κ2) is 6.27. The van der Waals surface area contributed by atoms with Gasteiger partial charge in [0.05, 0.1) is 6.10 Å². The highest BCUT2D eigenvalue weighted by molar-refractivity contribution is 5.66. The van der Waals surface area contributed by atoms with Gasteiger partial charge in [-0.15, -0.1) is 0 Å². The molecule has 1 fully saturated rings. The fraction of sp³-hybridized carbons (Fsp3) is 0.929.